The van der Waals surface area contributed by atoms with Gasteiger partial charge in [-0.25, -0.2) is 26.3 Å². The Kier molecular flexibility index (Phi) is 20.8. The molecular formula is C31H48N2O35S4. The van der Waals surface area contributed by atoms with Crippen molar-refractivity contribution in [3.63, 3.8) is 0 Å². The Morgan fingerprint density at radius 3 is 1.29 bits per heavy atom. The van der Waals surface area contributed by atoms with E-state index in [2.05, 4.69) is 28.6 Å². The monoisotopic (exact) mass is 1140 g/mol. The molecule has 37 nitrogen and oxygen atoms in total. The second-order valence-corrected chi connectivity index (χ2v) is 19.6. The van der Waals surface area contributed by atoms with E-state index in [1.54, 1.807) is 0 Å². The molecule has 4 heterocycles. The average molecular weight is 1140 g/mol. The predicted octanol–water partition coefficient (Wildman–Crippen LogP) is -8.76. The van der Waals surface area contributed by atoms with Gasteiger partial charge in [0.1, 0.15) is 85.3 Å². The van der Waals surface area contributed by atoms with Crippen molar-refractivity contribution in [3.8, 4) is 0 Å². The molecule has 0 spiro atoms. The highest BCUT2D eigenvalue weighted by Gasteiger charge is 2.59. The van der Waals surface area contributed by atoms with Gasteiger partial charge in [-0.3, -0.25) is 27.8 Å². The first-order valence-corrected chi connectivity index (χ1v) is 25.2. The molecule has 0 radical (unpaired) electrons. The van der Waals surface area contributed by atoms with Crippen molar-refractivity contribution in [1.82, 2.24) is 10.6 Å². The van der Waals surface area contributed by atoms with Gasteiger partial charge in [-0.1, -0.05) is 6.08 Å². The number of carbonyl (C=O) groups is 4. The normalized spacial score (nSPS) is 38.0. The molecule has 0 bridgehead atoms. The summed E-state index contributed by atoms with van der Waals surface area (Å²) in [6.45, 7) is 1.47. The minimum atomic E-state index is -5.84. The van der Waals surface area contributed by atoms with Crippen LogP contribution in [0.3, 0.4) is 0 Å². The smallest absolute Gasteiger partial charge is 0.397 e. The molecule has 4 aliphatic rings. The van der Waals surface area contributed by atoms with E-state index in [1.165, 1.54) is 0 Å². The Morgan fingerprint density at radius 1 is 0.514 bits per heavy atom. The van der Waals surface area contributed by atoms with Gasteiger partial charge in [0, 0.05) is 13.8 Å². The molecule has 72 heavy (non-hydrogen) atoms. The minimum Gasteiger partial charge on any atom is -0.479 e. The highest BCUT2D eigenvalue weighted by Crippen LogP contribution is 2.37. The second-order valence-electron chi connectivity index (χ2n) is 15.3. The van der Waals surface area contributed by atoms with Crippen molar-refractivity contribution in [2.24, 2.45) is 0 Å². The summed E-state index contributed by atoms with van der Waals surface area (Å²) in [7, 11) is -22.5. The molecule has 41 heteroatoms. The number of amides is 2. The number of carboxylic acid groups (broad SMARTS) is 2. The number of carbonyl (C=O) groups excluding carboxylic acids is 2. The van der Waals surface area contributed by atoms with Crippen molar-refractivity contribution < 1.29 is 161 Å². The van der Waals surface area contributed by atoms with E-state index < -0.39 is 208 Å². The second kappa shape index (κ2) is 24.5. The predicted molar refractivity (Wildman–Crippen MR) is 214 cm³/mol. The van der Waals surface area contributed by atoms with Crippen LogP contribution in [0, 0.1) is 0 Å². The third kappa shape index (κ3) is 16.8. The van der Waals surface area contributed by atoms with Crippen molar-refractivity contribution in [2.45, 2.75) is 137 Å². The molecule has 20 atom stereocenters. The standard InChI is InChI=1S/C31H48N2O35S4/c1-4-5-57-28-12(32-8(2)34)21(19(67-71(51,52)53)10(60-28)6-58-69(45,46)47)62-31-18(40)16(38)23(25(66-31)27(43)44)64-29-13(33-9(3)35)22(63-30-17(39)14(36)15(37)24(65-30)26(41)42)20(68-72(54,55)56)11(61-29)7-59-70(48,49)50/h4,10-25,28-31,36-40H,1,5-7H2,2-3H3,(H,32,34)(H,33,35)(H,41,42)(H,43,44)(H,45,46,47)(H,48,49,50)(H,51,52,53)(H,54,55,56)/t10?,11?,12?,13?,14-,15+,16+,17?,18?,19-,20-,21+,22+,23+,24?,25?,28+,29-,30+,31+/m0/s1. The first-order chi connectivity index (χ1) is 33.0. The highest BCUT2D eigenvalue weighted by atomic mass is 32.3. The molecule has 416 valence electrons. The van der Waals surface area contributed by atoms with E-state index in [1.807, 2.05) is 5.32 Å². The number of hydrogen-bond acceptors (Lipinski definition) is 29. The molecule has 13 N–H and O–H groups in total. The van der Waals surface area contributed by atoms with E-state index >= 15 is 0 Å². The first kappa shape index (κ1) is 61.1. The highest BCUT2D eigenvalue weighted by molar-refractivity contribution is 7.81. The van der Waals surface area contributed by atoms with E-state index in [0.29, 0.717) is 0 Å². The fourth-order valence-electron chi connectivity index (χ4n) is 7.34. The maximum absolute atomic E-state index is 12.9. The topological polar surface area (TPSA) is 562 Å². The molecule has 0 aromatic heterocycles. The van der Waals surface area contributed by atoms with Crippen LogP contribution in [0.4, 0.5) is 0 Å². The maximum Gasteiger partial charge on any atom is 0.397 e. The molecule has 2 amide bonds. The lowest BCUT2D eigenvalue weighted by molar-refractivity contribution is -0.367. The van der Waals surface area contributed by atoms with Crippen LogP contribution in [-0.4, -0.2) is 254 Å². The van der Waals surface area contributed by atoms with E-state index in [4.69, 9.17) is 37.9 Å². The third-order valence-corrected chi connectivity index (χ3v) is 11.9. The lowest BCUT2D eigenvalue weighted by Crippen LogP contribution is -2.71. The number of nitrogens with one attached hydrogen (secondary N) is 2. The number of carboxylic acids is 2. The fraction of sp³-hybridized carbons (Fsp3) is 0.806. The van der Waals surface area contributed by atoms with Gasteiger partial charge in [0.25, 0.3) is 0 Å². The van der Waals surface area contributed by atoms with Crippen molar-refractivity contribution >= 4 is 65.3 Å². The van der Waals surface area contributed by atoms with Crippen molar-refractivity contribution in [1.29, 1.82) is 0 Å². The Morgan fingerprint density at radius 2 is 0.903 bits per heavy atom. The largest absolute Gasteiger partial charge is 0.479 e. The van der Waals surface area contributed by atoms with Gasteiger partial charge < -0.3 is 84.3 Å². The molecule has 0 saturated carbocycles. The van der Waals surface area contributed by atoms with Crippen LogP contribution >= 0.6 is 0 Å². The molecule has 4 aliphatic heterocycles. The van der Waals surface area contributed by atoms with Crippen LogP contribution in [0.1, 0.15) is 13.8 Å². The summed E-state index contributed by atoms with van der Waals surface area (Å²) in [6.07, 6.45) is -44.1. The van der Waals surface area contributed by atoms with Crippen LogP contribution < -0.4 is 10.6 Å². The van der Waals surface area contributed by atoms with Crippen LogP contribution in [0.2, 0.25) is 0 Å². The maximum atomic E-state index is 12.9. The summed E-state index contributed by atoms with van der Waals surface area (Å²) in [5.74, 6) is -6.41. The Bertz CT molecular complexity index is 2390. The zero-order valence-electron chi connectivity index (χ0n) is 36.3. The molecule has 4 saturated heterocycles. The summed E-state index contributed by atoms with van der Waals surface area (Å²) >= 11 is 0. The summed E-state index contributed by atoms with van der Waals surface area (Å²) in [5, 5.41) is 78.7. The van der Waals surface area contributed by atoms with Gasteiger partial charge in [0.05, 0.1) is 19.8 Å². The Hall–Kier alpha value is -3.42. The molecule has 4 rings (SSSR count). The van der Waals surface area contributed by atoms with Gasteiger partial charge in [-0.05, 0) is 0 Å². The van der Waals surface area contributed by atoms with Gasteiger partial charge in [-0.2, -0.15) is 33.7 Å². The molecular weight excluding hydrogens is 1090 g/mol. The Balaban J connectivity index is 1.83. The number of ether oxygens (including phenoxy) is 8. The minimum absolute atomic E-state index is 0.479. The van der Waals surface area contributed by atoms with Crippen LogP contribution in [-0.2, 0) is 115 Å². The summed E-state index contributed by atoms with van der Waals surface area (Å²) in [6, 6.07) is -4.30. The molecule has 0 aromatic carbocycles. The molecule has 4 fully saturated rings. The van der Waals surface area contributed by atoms with Gasteiger partial charge in [0.2, 0.25) is 11.8 Å². The SMILES string of the molecule is C=CCO[C@@H]1OC(COS(=O)(=O)O)[C@H](OS(=O)(=O)O)[C@H](O[C@@H]2OC(C(=O)O)[C@H](O[C@@H]3OC(COS(=O)(=O)O)[C@H](OS(=O)(=O)O)[C@H](O[C@@H]4OC(C(=O)O)[C@H](O)[C@H](O)C4O)C3NC(C)=O)[C@H](O)C2O)C1NC(C)=O. The zero-order chi connectivity index (χ0) is 54.6. The molecule has 0 aromatic rings. The molecule has 8 unspecified atom stereocenters. The first-order valence-electron chi connectivity index (χ1n) is 19.8. The quantitative estimate of drug-likeness (QED) is 0.0334. The van der Waals surface area contributed by atoms with E-state index in [-0.39, 0.29) is 0 Å². The lowest BCUT2D eigenvalue weighted by Gasteiger charge is -2.50. The van der Waals surface area contributed by atoms with E-state index in [9.17, 15) is 107 Å². The summed E-state index contributed by atoms with van der Waals surface area (Å²) in [5.41, 5.74) is 0. The zero-order valence-corrected chi connectivity index (χ0v) is 39.6. The number of aliphatic carboxylic acids is 2. The lowest BCUT2D eigenvalue weighted by atomic mass is 9.94. The van der Waals surface area contributed by atoms with Gasteiger partial charge in [0.15, 0.2) is 37.4 Å². The molecule has 0 aliphatic carbocycles. The van der Waals surface area contributed by atoms with Crippen LogP contribution in [0.25, 0.3) is 0 Å². The number of aliphatic hydroxyl groups excluding tert-OH is 5. The summed E-state index contributed by atoms with van der Waals surface area (Å²) < 4.78 is 195. The number of rotatable bonds is 23. The van der Waals surface area contributed by atoms with Gasteiger partial charge in [-0.15, -0.1) is 6.58 Å². The van der Waals surface area contributed by atoms with E-state index in [0.717, 1.165) is 19.9 Å². The number of aliphatic hydroxyl groups is 5. The third-order valence-electron chi connectivity index (χ3n) is 10.1. The van der Waals surface area contributed by atoms with Crippen molar-refractivity contribution in [3.05, 3.63) is 12.7 Å². The number of hydrogen-bond donors (Lipinski definition) is 13. The Labute approximate surface area is 405 Å². The van der Waals surface area contributed by atoms with Crippen molar-refractivity contribution in [2.75, 3.05) is 19.8 Å². The average Bonchev–Trinajstić information content (AvgIpc) is 3.22. The summed E-state index contributed by atoms with van der Waals surface area (Å²) in [4.78, 5) is 49.9. The van der Waals surface area contributed by atoms with Crippen LogP contribution in [0.5, 0.6) is 0 Å². The fourth-order valence-corrected chi connectivity index (χ4v) is 8.99. The van der Waals surface area contributed by atoms with Crippen LogP contribution in [0.15, 0.2) is 12.7 Å². The van der Waals surface area contributed by atoms with Gasteiger partial charge >= 0.3 is 53.5 Å².